The standard InChI is InChI=1S/C20H27N3O2S/c1-3-25-18-6-4-16(5-7-18)20-22-17(14-26-20)12-19(24)23-10-8-15(9-11-23)13-21-2/h4-7,14-15,21H,3,8-13H2,1-2H3. The van der Waals surface area contributed by atoms with Crippen LogP contribution in [0.1, 0.15) is 25.5 Å². The largest absolute Gasteiger partial charge is 0.494 e. The van der Waals surface area contributed by atoms with E-state index in [-0.39, 0.29) is 5.91 Å². The lowest BCUT2D eigenvalue weighted by Crippen LogP contribution is -2.41. The van der Waals surface area contributed by atoms with Gasteiger partial charge in [0, 0.05) is 24.0 Å². The molecule has 2 aromatic rings. The van der Waals surface area contributed by atoms with Crippen molar-refractivity contribution in [1.82, 2.24) is 15.2 Å². The number of benzene rings is 1. The second-order valence-corrected chi connectivity index (χ2v) is 7.52. The molecular formula is C20H27N3O2S. The molecule has 1 aliphatic rings. The van der Waals surface area contributed by atoms with E-state index in [1.807, 2.05) is 48.5 Å². The van der Waals surface area contributed by atoms with Crippen molar-refractivity contribution >= 4 is 17.2 Å². The van der Waals surface area contributed by atoms with Crippen LogP contribution in [0.3, 0.4) is 0 Å². The molecule has 1 N–H and O–H groups in total. The van der Waals surface area contributed by atoms with Gasteiger partial charge in [0.1, 0.15) is 10.8 Å². The van der Waals surface area contributed by atoms with Crippen LogP contribution >= 0.6 is 11.3 Å². The third-order valence-corrected chi connectivity index (χ3v) is 5.70. The van der Waals surface area contributed by atoms with Gasteiger partial charge in [0.2, 0.25) is 5.91 Å². The fraction of sp³-hybridized carbons (Fsp3) is 0.500. The minimum absolute atomic E-state index is 0.191. The van der Waals surface area contributed by atoms with Crippen LogP contribution in [-0.2, 0) is 11.2 Å². The molecule has 0 saturated carbocycles. The minimum atomic E-state index is 0.191. The summed E-state index contributed by atoms with van der Waals surface area (Å²) in [7, 11) is 1.99. The van der Waals surface area contributed by atoms with Crippen LogP contribution in [0.5, 0.6) is 5.75 Å². The number of piperidine rings is 1. The summed E-state index contributed by atoms with van der Waals surface area (Å²) in [6, 6.07) is 7.95. The van der Waals surface area contributed by atoms with Gasteiger partial charge in [0.05, 0.1) is 18.7 Å². The Kier molecular flexibility index (Phi) is 6.63. The summed E-state index contributed by atoms with van der Waals surface area (Å²) in [5.41, 5.74) is 1.92. The molecule has 1 fully saturated rings. The predicted octanol–water partition coefficient (Wildman–Crippen LogP) is 3.21. The van der Waals surface area contributed by atoms with Gasteiger partial charge in [-0.2, -0.15) is 0 Å². The van der Waals surface area contributed by atoms with Crippen molar-refractivity contribution in [3.05, 3.63) is 35.3 Å². The van der Waals surface area contributed by atoms with Crippen molar-refractivity contribution < 1.29 is 9.53 Å². The number of amides is 1. The van der Waals surface area contributed by atoms with E-state index in [2.05, 4.69) is 10.3 Å². The van der Waals surface area contributed by atoms with Crippen LogP contribution in [0.2, 0.25) is 0 Å². The quantitative estimate of drug-likeness (QED) is 0.810. The zero-order valence-corrected chi connectivity index (χ0v) is 16.3. The average Bonchev–Trinajstić information content (AvgIpc) is 3.12. The van der Waals surface area contributed by atoms with Crippen molar-refractivity contribution in [3.63, 3.8) is 0 Å². The number of aromatic nitrogens is 1. The number of nitrogens with one attached hydrogen (secondary N) is 1. The molecule has 0 spiro atoms. The van der Waals surface area contributed by atoms with E-state index in [0.717, 1.165) is 54.5 Å². The Morgan fingerprint density at radius 2 is 2.04 bits per heavy atom. The maximum Gasteiger partial charge on any atom is 0.228 e. The number of thiazole rings is 1. The topological polar surface area (TPSA) is 54.5 Å². The second-order valence-electron chi connectivity index (χ2n) is 6.66. The average molecular weight is 374 g/mol. The van der Waals surface area contributed by atoms with Crippen LogP contribution in [0.4, 0.5) is 0 Å². The lowest BCUT2D eigenvalue weighted by molar-refractivity contribution is -0.131. The Labute approximate surface area is 159 Å². The molecule has 0 unspecified atom stereocenters. The number of hydrogen-bond acceptors (Lipinski definition) is 5. The summed E-state index contributed by atoms with van der Waals surface area (Å²) in [5, 5.41) is 6.18. The molecule has 0 atom stereocenters. The second kappa shape index (κ2) is 9.14. The molecule has 0 radical (unpaired) electrons. The first-order valence-corrected chi connectivity index (χ1v) is 10.2. The SMILES string of the molecule is CCOc1ccc(-c2nc(CC(=O)N3CCC(CNC)CC3)cs2)cc1. The number of carbonyl (C=O) groups is 1. The van der Waals surface area contributed by atoms with Gasteiger partial charge < -0.3 is 15.0 Å². The number of carbonyl (C=O) groups excluding carboxylic acids is 1. The number of likely N-dealkylation sites (tertiary alicyclic amines) is 1. The third-order valence-electron chi connectivity index (χ3n) is 4.76. The first-order valence-electron chi connectivity index (χ1n) is 9.29. The molecule has 1 aliphatic heterocycles. The van der Waals surface area contributed by atoms with Crippen molar-refractivity contribution in [2.24, 2.45) is 5.92 Å². The minimum Gasteiger partial charge on any atom is -0.494 e. The molecule has 1 saturated heterocycles. The van der Waals surface area contributed by atoms with Gasteiger partial charge in [0.15, 0.2) is 0 Å². The number of rotatable bonds is 7. The molecule has 0 aliphatic carbocycles. The van der Waals surface area contributed by atoms with Crippen molar-refractivity contribution in [1.29, 1.82) is 0 Å². The van der Waals surface area contributed by atoms with E-state index in [1.165, 1.54) is 0 Å². The Morgan fingerprint density at radius 1 is 1.31 bits per heavy atom. The fourth-order valence-corrected chi connectivity index (χ4v) is 4.15. The van der Waals surface area contributed by atoms with Gasteiger partial charge in [-0.25, -0.2) is 4.98 Å². The van der Waals surface area contributed by atoms with E-state index < -0.39 is 0 Å². The molecule has 1 aromatic heterocycles. The summed E-state index contributed by atoms with van der Waals surface area (Å²) < 4.78 is 5.47. The highest BCUT2D eigenvalue weighted by atomic mass is 32.1. The smallest absolute Gasteiger partial charge is 0.228 e. The van der Waals surface area contributed by atoms with Crippen molar-refractivity contribution in [2.75, 3.05) is 33.3 Å². The number of hydrogen-bond donors (Lipinski definition) is 1. The Morgan fingerprint density at radius 3 is 2.69 bits per heavy atom. The molecular weight excluding hydrogens is 346 g/mol. The fourth-order valence-electron chi connectivity index (χ4n) is 3.32. The maximum atomic E-state index is 12.6. The van der Waals surface area contributed by atoms with Gasteiger partial charge in [0.25, 0.3) is 0 Å². The number of nitrogens with zero attached hydrogens (tertiary/aromatic N) is 2. The molecule has 0 bridgehead atoms. The number of ether oxygens (including phenoxy) is 1. The highest BCUT2D eigenvalue weighted by molar-refractivity contribution is 7.13. The molecule has 6 heteroatoms. The van der Waals surface area contributed by atoms with Crippen molar-refractivity contribution in [2.45, 2.75) is 26.2 Å². The van der Waals surface area contributed by atoms with Crippen LogP contribution in [0.15, 0.2) is 29.6 Å². The van der Waals surface area contributed by atoms with Gasteiger partial charge in [-0.1, -0.05) is 0 Å². The van der Waals surface area contributed by atoms with Crippen LogP contribution in [0.25, 0.3) is 10.6 Å². The molecule has 26 heavy (non-hydrogen) atoms. The van der Waals surface area contributed by atoms with Gasteiger partial charge in [-0.05, 0) is 63.5 Å². The summed E-state index contributed by atoms with van der Waals surface area (Å²) in [5.74, 6) is 1.75. The Hall–Kier alpha value is -1.92. The lowest BCUT2D eigenvalue weighted by Gasteiger charge is -2.31. The third kappa shape index (κ3) is 4.83. The van der Waals surface area contributed by atoms with Crippen LogP contribution in [0, 0.1) is 5.92 Å². The normalized spacial score (nSPS) is 15.2. The zero-order chi connectivity index (χ0) is 18.4. The van der Waals surface area contributed by atoms with E-state index in [1.54, 1.807) is 11.3 Å². The van der Waals surface area contributed by atoms with E-state index >= 15 is 0 Å². The molecule has 5 nitrogen and oxygen atoms in total. The maximum absolute atomic E-state index is 12.6. The predicted molar refractivity (Wildman–Crippen MR) is 106 cm³/mol. The van der Waals surface area contributed by atoms with Gasteiger partial charge in [-0.3, -0.25) is 4.79 Å². The monoisotopic (exact) mass is 373 g/mol. The van der Waals surface area contributed by atoms with E-state index in [9.17, 15) is 4.79 Å². The molecule has 1 aromatic carbocycles. The van der Waals surface area contributed by atoms with E-state index in [0.29, 0.717) is 18.9 Å². The lowest BCUT2D eigenvalue weighted by atomic mass is 9.96. The Balaban J connectivity index is 1.55. The molecule has 2 heterocycles. The zero-order valence-electron chi connectivity index (χ0n) is 15.5. The van der Waals surface area contributed by atoms with E-state index in [4.69, 9.17) is 4.74 Å². The summed E-state index contributed by atoms with van der Waals surface area (Å²) in [6.07, 6.45) is 2.56. The first-order chi connectivity index (χ1) is 12.7. The van der Waals surface area contributed by atoms with Gasteiger partial charge >= 0.3 is 0 Å². The molecule has 140 valence electrons. The first kappa shape index (κ1) is 18.9. The highest BCUT2D eigenvalue weighted by Crippen LogP contribution is 2.26. The van der Waals surface area contributed by atoms with Crippen LogP contribution < -0.4 is 10.1 Å². The molecule has 3 rings (SSSR count). The summed E-state index contributed by atoms with van der Waals surface area (Å²) in [6.45, 7) is 5.40. The summed E-state index contributed by atoms with van der Waals surface area (Å²) in [4.78, 5) is 19.2. The highest BCUT2D eigenvalue weighted by Gasteiger charge is 2.23. The summed E-state index contributed by atoms with van der Waals surface area (Å²) >= 11 is 1.59. The Bertz CT molecular complexity index is 706. The van der Waals surface area contributed by atoms with Gasteiger partial charge in [-0.15, -0.1) is 11.3 Å². The van der Waals surface area contributed by atoms with Crippen LogP contribution in [-0.4, -0.2) is 49.1 Å². The van der Waals surface area contributed by atoms with Crippen molar-refractivity contribution in [3.8, 4) is 16.3 Å². The molecule has 1 amide bonds.